The summed E-state index contributed by atoms with van der Waals surface area (Å²) in [6.07, 6.45) is 6.07. The van der Waals surface area contributed by atoms with Crippen LogP contribution in [0, 0.1) is 11.8 Å². The van der Waals surface area contributed by atoms with Crippen molar-refractivity contribution in [2.75, 3.05) is 5.32 Å². The quantitative estimate of drug-likeness (QED) is 0.839. The first-order valence-corrected chi connectivity index (χ1v) is 7.53. The minimum absolute atomic E-state index is 0.108. The number of aromatic nitrogens is 1. The standard InChI is InChI=1S/C14H20BrN3O/c1-9-2-4-10(5-3-9)13(16)14(19)18-11-6-7-12(15)17-8-11/h6-10,13H,2-5,16H2,1H3,(H,18,19)/t9?,10?,13-/m0/s1. The summed E-state index contributed by atoms with van der Waals surface area (Å²) in [7, 11) is 0. The smallest absolute Gasteiger partial charge is 0.241 e. The highest BCUT2D eigenvalue weighted by molar-refractivity contribution is 9.10. The van der Waals surface area contributed by atoms with Gasteiger partial charge in [-0.2, -0.15) is 0 Å². The van der Waals surface area contributed by atoms with Crippen molar-refractivity contribution in [3.05, 3.63) is 22.9 Å². The Morgan fingerprint density at radius 3 is 2.68 bits per heavy atom. The molecule has 1 amide bonds. The van der Waals surface area contributed by atoms with E-state index in [0.29, 0.717) is 11.6 Å². The van der Waals surface area contributed by atoms with Gasteiger partial charge in [-0.15, -0.1) is 0 Å². The SMILES string of the molecule is CC1CCC([C@H](N)C(=O)Nc2ccc(Br)nc2)CC1. The van der Waals surface area contributed by atoms with Crippen molar-refractivity contribution in [1.29, 1.82) is 0 Å². The Labute approximate surface area is 122 Å². The summed E-state index contributed by atoms with van der Waals surface area (Å²) in [5, 5.41) is 2.83. The molecule has 0 saturated heterocycles. The van der Waals surface area contributed by atoms with Gasteiger partial charge in [-0.3, -0.25) is 4.79 Å². The number of hydrogen-bond donors (Lipinski definition) is 2. The third kappa shape index (κ3) is 4.01. The Balaban J connectivity index is 1.90. The lowest BCUT2D eigenvalue weighted by atomic mass is 9.79. The summed E-state index contributed by atoms with van der Waals surface area (Å²) in [5.41, 5.74) is 6.76. The number of anilines is 1. The van der Waals surface area contributed by atoms with Gasteiger partial charge in [0.1, 0.15) is 4.60 Å². The fraction of sp³-hybridized carbons (Fsp3) is 0.571. The summed E-state index contributed by atoms with van der Waals surface area (Å²) in [4.78, 5) is 16.2. The molecule has 0 radical (unpaired) electrons. The van der Waals surface area contributed by atoms with Gasteiger partial charge in [0.15, 0.2) is 0 Å². The molecular weight excluding hydrogens is 306 g/mol. The van der Waals surface area contributed by atoms with E-state index in [4.69, 9.17) is 5.73 Å². The third-order valence-electron chi connectivity index (χ3n) is 3.87. The van der Waals surface area contributed by atoms with E-state index in [0.717, 1.165) is 23.4 Å². The molecule has 1 heterocycles. The van der Waals surface area contributed by atoms with Crippen molar-refractivity contribution >= 4 is 27.5 Å². The number of carbonyl (C=O) groups is 1. The minimum atomic E-state index is -0.420. The first-order valence-electron chi connectivity index (χ1n) is 6.74. The number of halogens is 1. The fourth-order valence-electron chi connectivity index (χ4n) is 2.53. The van der Waals surface area contributed by atoms with E-state index in [-0.39, 0.29) is 5.91 Å². The maximum atomic E-state index is 12.1. The van der Waals surface area contributed by atoms with Crippen LogP contribution in [-0.2, 0) is 4.79 Å². The molecule has 0 spiro atoms. The Morgan fingerprint density at radius 2 is 2.11 bits per heavy atom. The predicted molar refractivity (Wildman–Crippen MR) is 79.7 cm³/mol. The molecule has 104 valence electrons. The highest BCUT2D eigenvalue weighted by Gasteiger charge is 2.28. The molecule has 3 N–H and O–H groups in total. The van der Waals surface area contributed by atoms with Gasteiger partial charge in [-0.1, -0.05) is 19.8 Å². The van der Waals surface area contributed by atoms with Gasteiger partial charge in [0.05, 0.1) is 17.9 Å². The van der Waals surface area contributed by atoms with Crippen molar-refractivity contribution in [1.82, 2.24) is 4.98 Å². The zero-order chi connectivity index (χ0) is 13.8. The Hall–Kier alpha value is -0.940. The van der Waals surface area contributed by atoms with Crippen LogP contribution in [-0.4, -0.2) is 16.9 Å². The second-order valence-electron chi connectivity index (χ2n) is 5.40. The van der Waals surface area contributed by atoms with E-state index in [1.807, 2.05) is 6.07 Å². The molecule has 1 aliphatic carbocycles. The molecule has 1 atom stereocenters. The summed E-state index contributed by atoms with van der Waals surface area (Å²) < 4.78 is 0.746. The van der Waals surface area contributed by atoms with Gasteiger partial charge in [0.25, 0.3) is 0 Å². The number of carbonyl (C=O) groups excluding carboxylic acids is 1. The van der Waals surface area contributed by atoms with Crippen LogP contribution in [0.3, 0.4) is 0 Å². The van der Waals surface area contributed by atoms with Crippen LogP contribution in [0.4, 0.5) is 5.69 Å². The number of pyridine rings is 1. The van der Waals surface area contributed by atoms with Crippen molar-refractivity contribution < 1.29 is 4.79 Å². The molecule has 0 aromatic carbocycles. The molecule has 0 unspecified atom stereocenters. The molecule has 4 nitrogen and oxygen atoms in total. The second-order valence-corrected chi connectivity index (χ2v) is 6.22. The van der Waals surface area contributed by atoms with E-state index in [2.05, 4.69) is 33.2 Å². The van der Waals surface area contributed by atoms with Crippen LogP contribution in [0.25, 0.3) is 0 Å². The number of nitrogens with two attached hydrogens (primary N) is 1. The summed E-state index contributed by atoms with van der Waals surface area (Å²) in [6.45, 7) is 2.26. The number of rotatable bonds is 3. The molecule has 1 saturated carbocycles. The number of amides is 1. The topological polar surface area (TPSA) is 68.0 Å². The first-order chi connectivity index (χ1) is 9.06. The molecule has 0 aliphatic heterocycles. The fourth-order valence-corrected chi connectivity index (χ4v) is 2.77. The van der Waals surface area contributed by atoms with Gasteiger partial charge in [0.2, 0.25) is 5.91 Å². The van der Waals surface area contributed by atoms with Crippen LogP contribution < -0.4 is 11.1 Å². The van der Waals surface area contributed by atoms with E-state index in [1.54, 1.807) is 12.3 Å². The van der Waals surface area contributed by atoms with Crippen molar-refractivity contribution in [3.63, 3.8) is 0 Å². The predicted octanol–water partition coefficient (Wildman–Crippen LogP) is 2.94. The lowest BCUT2D eigenvalue weighted by Gasteiger charge is -2.29. The highest BCUT2D eigenvalue weighted by atomic mass is 79.9. The number of nitrogens with zero attached hydrogens (tertiary/aromatic N) is 1. The van der Waals surface area contributed by atoms with E-state index < -0.39 is 6.04 Å². The molecule has 1 aliphatic rings. The summed E-state index contributed by atoms with van der Waals surface area (Å²) >= 11 is 3.26. The van der Waals surface area contributed by atoms with Crippen LogP contribution in [0.5, 0.6) is 0 Å². The third-order valence-corrected chi connectivity index (χ3v) is 4.34. The van der Waals surface area contributed by atoms with Crippen LogP contribution in [0.1, 0.15) is 32.6 Å². The van der Waals surface area contributed by atoms with E-state index in [1.165, 1.54) is 12.8 Å². The Kier molecular flexibility index (Phi) is 4.93. The van der Waals surface area contributed by atoms with E-state index in [9.17, 15) is 4.79 Å². The van der Waals surface area contributed by atoms with Crippen LogP contribution in [0.2, 0.25) is 0 Å². The molecule has 2 rings (SSSR count). The molecule has 1 aromatic rings. The molecule has 1 fully saturated rings. The zero-order valence-corrected chi connectivity index (χ0v) is 12.7. The average Bonchev–Trinajstić information content (AvgIpc) is 2.41. The van der Waals surface area contributed by atoms with Crippen molar-refractivity contribution in [2.24, 2.45) is 17.6 Å². The molecule has 0 bridgehead atoms. The monoisotopic (exact) mass is 325 g/mol. The van der Waals surface area contributed by atoms with Crippen LogP contribution in [0.15, 0.2) is 22.9 Å². The van der Waals surface area contributed by atoms with Crippen molar-refractivity contribution in [2.45, 2.75) is 38.6 Å². The number of nitrogens with one attached hydrogen (secondary N) is 1. The normalized spacial score (nSPS) is 24.8. The Bertz CT molecular complexity index is 427. The van der Waals surface area contributed by atoms with Gasteiger partial charge in [-0.05, 0) is 52.7 Å². The molecule has 5 heteroatoms. The lowest BCUT2D eigenvalue weighted by Crippen LogP contribution is -2.43. The Morgan fingerprint density at radius 1 is 1.42 bits per heavy atom. The zero-order valence-electron chi connectivity index (χ0n) is 11.1. The molecular formula is C14H20BrN3O. The van der Waals surface area contributed by atoms with E-state index >= 15 is 0 Å². The average molecular weight is 326 g/mol. The lowest BCUT2D eigenvalue weighted by molar-refractivity contribution is -0.118. The largest absolute Gasteiger partial charge is 0.323 e. The van der Waals surface area contributed by atoms with Crippen LogP contribution >= 0.6 is 15.9 Å². The van der Waals surface area contributed by atoms with Gasteiger partial charge in [0, 0.05) is 0 Å². The van der Waals surface area contributed by atoms with Crippen molar-refractivity contribution in [3.8, 4) is 0 Å². The summed E-state index contributed by atoms with van der Waals surface area (Å²) in [6, 6.07) is 3.18. The van der Waals surface area contributed by atoms with Gasteiger partial charge < -0.3 is 11.1 Å². The summed E-state index contributed by atoms with van der Waals surface area (Å²) in [5.74, 6) is 0.963. The molecule has 19 heavy (non-hydrogen) atoms. The second kappa shape index (κ2) is 6.48. The maximum absolute atomic E-state index is 12.1. The maximum Gasteiger partial charge on any atom is 0.241 e. The minimum Gasteiger partial charge on any atom is -0.323 e. The molecule has 1 aromatic heterocycles. The van der Waals surface area contributed by atoms with Gasteiger partial charge in [-0.25, -0.2) is 4.98 Å². The highest BCUT2D eigenvalue weighted by Crippen LogP contribution is 2.30. The first kappa shape index (κ1) is 14.5. The number of hydrogen-bond acceptors (Lipinski definition) is 3. The van der Waals surface area contributed by atoms with Gasteiger partial charge >= 0.3 is 0 Å².